The van der Waals surface area contributed by atoms with Crippen molar-refractivity contribution >= 4 is 18.0 Å². The Morgan fingerprint density at radius 3 is 2.61 bits per heavy atom. The number of likely N-dealkylation sites (tertiary alicyclic amines) is 1. The van der Waals surface area contributed by atoms with Crippen LogP contribution in [0.1, 0.15) is 85.0 Å². The van der Waals surface area contributed by atoms with E-state index in [9.17, 15) is 19.5 Å². The molecular formula is C32H48N2O7. The molecule has 9 atom stereocenters. The number of ether oxygens (including phenoxy) is 3. The zero-order chi connectivity index (χ0) is 29.0. The van der Waals surface area contributed by atoms with E-state index >= 15 is 0 Å². The first kappa shape index (κ1) is 29.0. The molecule has 0 aromatic carbocycles. The van der Waals surface area contributed by atoms with Gasteiger partial charge >= 0.3 is 18.0 Å². The number of amides is 1. The number of carbonyl (C=O) groups excluding carboxylic acids is 3. The average molecular weight is 573 g/mol. The minimum Gasteiger partial charge on any atom is -0.462 e. The van der Waals surface area contributed by atoms with Gasteiger partial charge in [0, 0.05) is 43.3 Å². The topological polar surface area (TPSA) is 114 Å². The van der Waals surface area contributed by atoms with E-state index in [4.69, 9.17) is 14.2 Å². The maximum atomic E-state index is 12.7. The number of hydrogen-bond donors (Lipinski definition) is 2. The standard InChI is InChI=1S/C32H48N2O7/c1-20(35)41-26-18-32(38)25-7-6-22-17-23(33-29(37)39-15-14-34-12-4-5-13-34)8-10-30(22,2)24(25)9-11-31(32,3)28(26)21-16-27(36)40-19-21/h16,22-26,28,38H,4-15,17-19H2,1-3H3,(H,33,37)/t22-,23+,24+,25-,26+,28+,30+,31-,32+/m1/s1. The van der Waals surface area contributed by atoms with Crippen LogP contribution in [0, 0.1) is 34.5 Å². The Morgan fingerprint density at radius 1 is 1.12 bits per heavy atom. The highest BCUT2D eigenvalue weighted by Crippen LogP contribution is 2.70. The molecular weight excluding hydrogens is 524 g/mol. The first-order chi connectivity index (χ1) is 19.5. The molecule has 0 aromatic rings. The molecule has 2 heterocycles. The van der Waals surface area contributed by atoms with Crippen LogP contribution in [0.15, 0.2) is 11.6 Å². The van der Waals surface area contributed by atoms with Gasteiger partial charge in [0.25, 0.3) is 0 Å². The maximum Gasteiger partial charge on any atom is 0.407 e. The number of nitrogens with one attached hydrogen (secondary N) is 1. The number of alkyl carbamates (subject to hydrolysis) is 1. The van der Waals surface area contributed by atoms with Gasteiger partial charge in [-0.3, -0.25) is 9.69 Å². The van der Waals surface area contributed by atoms with Crippen LogP contribution in [0.2, 0.25) is 0 Å². The summed E-state index contributed by atoms with van der Waals surface area (Å²) in [4.78, 5) is 39.0. The lowest BCUT2D eigenvalue weighted by molar-refractivity contribution is -0.204. The van der Waals surface area contributed by atoms with Crippen LogP contribution in [0.4, 0.5) is 4.79 Å². The predicted octanol–water partition coefficient (Wildman–Crippen LogP) is 3.98. The van der Waals surface area contributed by atoms with Gasteiger partial charge in [-0.1, -0.05) is 13.8 Å². The molecule has 0 bridgehead atoms. The van der Waals surface area contributed by atoms with E-state index in [1.54, 1.807) is 6.08 Å². The number of nitrogens with zero attached hydrogens (tertiary/aromatic N) is 1. The molecule has 6 rings (SSSR count). The third-order valence-electron chi connectivity index (χ3n) is 12.4. The Hall–Kier alpha value is -2.13. The van der Waals surface area contributed by atoms with Gasteiger partial charge in [0.05, 0.1) is 5.60 Å². The molecule has 0 unspecified atom stereocenters. The van der Waals surface area contributed by atoms with Gasteiger partial charge in [-0.25, -0.2) is 9.59 Å². The zero-order valence-corrected chi connectivity index (χ0v) is 25.0. The normalized spacial score (nSPS) is 43.8. The lowest BCUT2D eigenvalue weighted by atomic mass is 9.43. The molecule has 4 aliphatic carbocycles. The maximum absolute atomic E-state index is 12.7. The van der Waals surface area contributed by atoms with Gasteiger partial charge in [-0.15, -0.1) is 0 Å². The Morgan fingerprint density at radius 2 is 1.90 bits per heavy atom. The third-order valence-corrected chi connectivity index (χ3v) is 12.4. The summed E-state index contributed by atoms with van der Waals surface area (Å²) in [5.41, 5.74) is -0.570. The Labute approximate surface area is 243 Å². The number of aliphatic hydroxyl groups is 1. The molecule has 228 valence electrons. The SMILES string of the molecule is CC(=O)O[C@H]1C[C@]2(O)[C@@H]3CC[C@@H]4C[C@@H](NC(=O)OCCN5CCCC5)CC[C@]4(C)[C@H]3CC[C@]2(C)[C@H]1C1=CC(=O)OC1. The van der Waals surface area contributed by atoms with E-state index in [-0.39, 0.29) is 47.9 Å². The van der Waals surface area contributed by atoms with Crippen LogP contribution >= 0.6 is 0 Å². The largest absolute Gasteiger partial charge is 0.462 e. The molecule has 2 N–H and O–H groups in total. The summed E-state index contributed by atoms with van der Waals surface area (Å²) in [7, 11) is 0. The van der Waals surface area contributed by atoms with Crippen LogP contribution in [0.5, 0.6) is 0 Å². The van der Waals surface area contributed by atoms with Crippen molar-refractivity contribution in [3.63, 3.8) is 0 Å². The predicted molar refractivity (Wildman–Crippen MR) is 151 cm³/mol. The first-order valence-corrected chi connectivity index (χ1v) is 16.0. The summed E-state index contributed by atoms with van der Waals surface area (Å²) in [6.07, 6.45) is 10.2. The van der Waals surface area contributed by atoms with E-state index in [1.165, 1.54) is 19.8 Å². The van der Waals surface area contributed by atoms with Crippen molar-refractivity contribution in [3.05, 3.63) is 11.6 Å². The molecule has 41 heavy (non-hydrogen) atoms. The summed E-state index contributed by atoms with van der Waals surface area (Å²) in [5, 5.41) is 15.8. The van der Waals surface area contributed by atoms with Crippen molar-refractivity contribution < 1.29 is 33.7 Å². The summed E-state index contributed by atoms with van der Waals surface area (Å²) in [6, 6.07) is 0.122. The summed E-state index contributed by atoms with van der Waals surface area (Å²) in [6.45, 7) is 9.62. The number of cyclic esters (lactones) is 1. The van der Waals surface area contributed by atoms with Crippen molar-refractivity contribution in [1.29, 1.82) is 0 Å². The molecule has 5 fully saturated rings. The van der Waals surface area contributed by atoms with Gasteiger partial charge in [-0.2, -0.15) is 0 Å². The molecule has 2 aliphatic heterocycles. The number of carbonyl (C=O) groups is 3. The minimum atomic E-state index is -0.991. The second kappa shape index (κ2) is 10.9. The highest BCUT2D eigenvalue weighted by atomic mass is 16.6. The van der Waals surface area contributed by atoms with Crippen molar-refractivity contribution in [2.45, 2.75) is 103 Å². The molecule has 1 amide bonds. The van der Waals surface area contributed by atoms with Crippen LogP contribution in [0.3, 0.4) is 0 Å². The molecule has 6 aliphatic rings. The van der Waals surface area contributed by atoms with Gasteiger partial charge in [0.1, 0.15) is 19.3 Å². The fraction of sp³-hybridized carbons (Fsp3) is 0.844. The lowest BCUT2D eigenvalue weighted by Gasteiger charge is -2.63. The van der Waals surface area contributed by atoms with Gasteiger partial charge < -0.3 is 24.6 Å². The molecule has 1 saturated heterocycles. The van der Waals surface area contributed by atoms with Crippen LogP contribution in [0.25, 0.3) is 0 Å². The molecule has 4 saturated carbocycles. The first-order valence-electron chi connectivity index (χ1n) is 16.0. The third kappa shape index (κ3) is 4.98. The van der Waals surface area contributed by atoms with Gasteiger partial charge in [0.15, 0.2) is 0 Å². The summed E-state index contributed by atoms with van der Waals surface area (Å²) >= 11 is 0. The molecule has 0 aromatic heterocycles. The Bertz CT molecular complexity index is 1090. The Balaban J connectivity index is 1.13. The molecule has 9 heteroatoms. The lowest BCUT2D eigenvalue weighted by Crippen LogP contribution is -2.62. The van der Waals surface area contributed by atoms with Crippen LogP contribution in [-0.2, 0) is 23.8 Å². The molecule has 9 nitrogen and oxygen atoms in total. The second-order valence-corrected chi connectivity index (χ2v) is 14.3. The average Bonchev–Trinajstić information content (AvgIpc) is 3.62. The van der Waals surface area contributed by atoms with E-state index < -0.39 is 17.1 Å². The van der Waals surface area contributed by atoms with Gasteiger partial charge in [0.2, 0.25) is 0 Å². The monoisotopic (exact) mass is 572 g/mol. The van der Waals surface area contributed by atoms with E-state index in [2.05, 4.69) is 24.1 Å². The van der Waals surface area contributed by atoms with Crippen molar-refractivity contribution in [2.24, 2.45) is 34.5 Å². The number of esters is 2. The fourth-order valence-corrected chi connectivity index (χ4v) is 10.4. The van der Waals surface area contributed by atoms with E-state index in [0.717, 1.165) is 70.2 Å². The van der Waals surface area contributed by atoms with Crippen molar-refractivity contribution in [1.82, 2.24) is 10.2 Å². The second-order valence-electron chi connectivity index (χ2n) is 14.3. The summed E-state index contributed by atoms with van der Waals surface area (Å²) < 4.78 is 16.6. The van der Waals surface area contributed by atoms with E-state index in [1.807, 2.05) is 0 Å². The van der Waals surface area contributed by atoms with Crippen LogP contribution in [-0.4, -0.2) is 78.6 Å². The molecule has 0 radical (unpaired) electrons. The van der Waals surface area contributed by atoms with Gasteiger partial charge in [-0.05, 0) is 99.6 Å². The number of hydrogen-bond acceptors (Lipinski definition) is 8. The minimum absolute atomic E-state index is 0.0819. The Kier molecular flexibility index (Phi) is 7.67. The number of fused-ring (bicyclic) bond motifs is 5. The zero-order valence-electron chi connectivity index (χ0n) is 25.0. The summed E-state index contributed by atoms with van der Waals surface area (Å²) in [5.74, 6) is -0.00676. The van der Waals surface area contributed by atoms with Crippen molar-refractivity contribution in [2.75, 3.05) is 32.8 Å². The van der Waals surface area contributed by atoms with Crippen molar-refractivity contribution in [3.8, 4) is 0 Å². The highest BCUT2D eigenvalue weighted by Gasteiger charge is 2.71. The fourth-order valence-electron chi connectivity index (χ4n) is 10.4. The molecule has 0 spiro atoms. The quantitative estimate of drug-likeness (QED) is 0.363. The van der Waals surface area contributed by atoms with Crippen LogP contribution < -0.4 is 5.32 Å². The number of rotatable bonds is 6. The highest BCUT2D eigenvalue weighted by molar-refractivity contribution is 5.85. The van der Waals surface area contributed by atoms with E-state index in [0.29, 0.717) is 24.9 Å². The smallest absolute Gasteiger partial charge is 0.407 e.